The lowest BCUT2D eigenvalue weighted by atomic mass is 10.2. The maximum absolute atomic E-state index is 11.8. The highest BCUT2D eigenvalue weighted by Gasteiger charge is 2.11. The Labute approximate surface area is 149 Å². The van der Waals surface area contributed by atoms with Gasteiger partial charge in [-0.05, 0) is 24.3 Å². The molecule has 0 aliphatic rings. The van der Waals surface area contributed by atoms with Crippen LogP contribution in [0.3, 0.4) is 0 Å². The average molecular weight is 362 g/mol. The van der Waals surface area contributed by atoms with Gasteiger partial charge in [-0.2, -0.15) is 0 Å². The third-order valence-corrected chi connectivity index (χ3v) is 3.32. The van der Waals surface area contributed by atoms with Crippen molar-refractivity contribution in [1.82, 2.24) is 16.2 Å². The van der Waals surface area contributed by atoms with Gasteiger partial charge in [-0.25, -0.2) is 0 Å². The number of halogens is 1. The standard InChI is InChI=1S/C17H16ClN3O4/c18-14-9-5-4-8-13(14)17(24)21-20-15(22)10-19-16(23)11-25-12-6-2-1-3-7-12/h1-9H,10-11H2,(H,19,23)(H,20,22)(H,21,24). The minimum atomic E-state index is -0.589. The summed E-state index contributed by atoms with van der Waals surface area (Å²) < 4.78 is 5.24. The van der Waals surface area contributed by atoms with Crippen molar-refractivity contribution >= 4 is 29.3 Å². The Hall–Kier alpha value is -3.06. The first-order valence-electron chi connectivity index (χ1n) is 7.34. The SMILES string of the molecule is O=C(COc1ccccc1)NCC(=O)NNC(=O)c1ccccc1Cl. The van der Waals surface area contributed by atoms with E-state index < -0.39 is 17.7 Å². The quantitative estimate of drug-likeness (QED) is 0.675. The van der Waals surface area contributed by atoms with Gasteiger partial charge in [0.25, 0.3) is 17.7 Å². The second kappa shape index (κ2) is 9.29. The maximum Gasteiger partial charge on any atom is 0.271 e. The molecule has 0 aliphatic heterocycles. The van der Waals surface area contributed by atoms with Crippen LogP contribution in [0.1, 0.15) is 10.4 Å². The molecular formula is C17H16ClN3O4. The van der Waals surface area contributed by atoms with Crippen molar-refractivity contribution in [2.24, 2.45) is 0 Å². The van der Waals surface area contributed by atoms with Crippen LogP contribution in [0.2, 0.25) is 5.02 Å². The molecule has 3 N–H and O–H groups in total. The lowest BCUT2D eigenvalue weighted by molar-refractivity contribution is -0.127. The summed E-state index contributed by atoms with van der Waals surface area (Å²) in [6.45, 7) is -0.525. The van der Waals surface area contributed by atoms with Crippen molar-refractivity contribution in [1.29, 1.82) is 0 Å². The molecule has 2 aromatic carbocycles. The van der Waals surface area contributed by atoms with Crippen LogP contribution in [-0.2, 0) is 9.59 Å². The number of hydrazine groups is 1. The fraction of sp³-hybridized carbons (Fsp3) is 0.118. The molecule has 0 spiro atoms. The van der Waals surface area contributed by atoms with Crippen molar-refractivity contribution in [3.8, 4) is 5.75 Å². The normalized spacial score (nSPS) is 9.80. The molecule has 130 valence electrons. The zero-order valence-corrected chi connectivity index (χ0v) is 13.9. The maximum atomic E-state index is 11.8. The van der Waals surface area contributed by atoms with Crippen LogP contribution in [0.15, 0.2) is 54.6 Å². The van der Waals surface area contributed by atoms with Gasteiger partial charge in [-0.1, -0.05) is 41.9 Å². The van der Waals surface area contributed by atoms with Gasteiger partial charge >= 0.3 is 0 Å². The first kappa shape index (κ1) is 18.3. The van der Waals surface area contributed by atoms with E-state index in [2.05, 4.69) is 16.2 Å². The van der Waals surface area contributed by atoms with E-state index in [4.69, 9.17) is 16.3 Å². The van der Waals surface area contributed by atoms with Crippen LogP contribution in [0.4, 0.5) is 0 Å². The van der Waals surface area contributed by atoms with E-state index in [0.717, 1.165) is 0 Å². The molecule has 0 unspecified atom stereocenters. The number of hydrogen-bond donors (Lipinski definition) is 3. The molecule has 0 saturated heterocycles. The molecule has 0 saturated carbocycles. The van der Waals surface area contributed by atoms with Crippen molar-refractivity contribution in [3.63, 3.8) is 0 Å². The van der Waals surface area contributed by atoms with E-state index in [1.54, 1.807) is 42.5 Å². The lowest BCUT2D eigenvalue weighted by Crippen LogP contribution is -2.47. The Kier molecular flexibility index (Phi) is 6.79. The fourth-order valence-electron chi connectivity index (χ4n) is 1.78. The highest BCUT2D eigenvalue weighted by molar-refractivity contribution is 6.33. The lowest BCUT2D eigenvalue weighted by Gasteiger charge is -2.09. The van der Waals surface area contributed by atoms with Crippen molar-refractivity contribution in [3.05, 3.63) is 65.2 Å². The predicted octanol–water partition coefficient (Wildman–Crippen LogP) is 1.30. The number of ether oxygens (including phenoxy) is 1. The number of amides is 3. The molecule has 8 heteroatoms. The van der Waals surface area contributed by atoms with Crippen LogP contribution in [0.25, 0.3) is 0 Å². The molecule has 0 heterocycles. The Morgan fingerprint density at radius 1 is 0.880 bits per heavy atom. The number of hydrogen-bond acceptors (Lipinski definition) is 4. The van der Waals surface area contributed by atoms with Crippen LogP contribution in [0.5, 0.6) is 5.75 Å². The molecule has 0 fully saturated rings. The molecule has 0 bridgehead atoms. The first-order valence-corrected chi connectivity index (χ1v) is 7.72. The molecule has 0 radical (unpaired) electrons. The van der Waals surface area contributed by atoms with Gasteiger partial charge in [-0.3, -0.25) is 25.2 Å². The van der Waals surface area contributed by atoms with Gasteiger partial charge in [0.1, 0.15) is 5.75 Å². The Morgan fingerprint density at radius 3 is 2.28 bits per heavy atom. The molecule has 0 aromatic heterocycles. The summed E-state index contributed by atoms with van der Waals surface area (Å²) >= 11 is 5.88. The summed E-state index contributed by atoms with van der Waals surface area (Å²) in [6.07, 6.45) is 0. The van der Waals surface area contributed by atoms with Gasteiger partial charge in [0.15, 0.2) is 6.61 Å². The molecule has 25 heavy (non-hydrogen) atoms. The van der Waals surface area contributed by atoms with E-state index in [-0.39, 0.29) is 23.7 Å². The summed E-state index contributed by atoms with van der Waals surface area (Å²) in [5.74, 6) is -1.06. The first-order chi connectivity index (χ1) is 12.1. The van der Waals surface area contributed by atoms with Gasteiger partial charge in [-0.15, -0.1) is 0 Å². The third kappa shape index (κ3) is 6.15. The Bertz CT molecular complexity index is 753. The zero-order chi connectivity index (χ0) is 18.1. The van der Waals surface area contributed by atoms with Gasteiger partial charge in [0, 0.05) is 0 Å². The topological polar surface area (TPSA) is 96.5 Å². The van der Waals surface area contributed by atoms with Crippen LogP contribution >= 0.6 is 11.6 Å². The number of benzene rings is 2. The largest absolute Gasteiger partial charge is 0.484 e. The predicted molar refractivity (Wildman–Crippen MR) is 92.0 cm³/mol. The molecule has 7 nitrogen and oxygen atoms in total. The summed E-state index contributed by atoms with van der Waals surface area (Å²) in [4.78, 5) is 35.1. The highest BCUT2D eigenvalue weighted by atomic mass is 35.5. The summed E-state index contributed by atoms with van der Waals surface area (Å²) in [7, 11) is 0. The molecule has 3 amide bonds. The molecule has 0 aliphatic carbocycles. The fourth-order valence-corrected chi connectivity index (χ4v) is 2.00. The third-order valence-electron chi connectivity index (χ3n) is 2.99. The van der Waals surface area contributed by atoms with Crippen molar-refractivity contribution < 1.29 is 19.1 Å². The van der Waals surface area contributed by atoms with Crippen molar-refractivity contribution in [2.75, 3.05) is 13.2 Å². The second-order valence-corrected chi connectivity index (χ2v) is 5.27. The Morgan fingerprint density at radius 2 is 1.56 bits per heavy atom. The smallest absolute Gasteiger partial charge is 0.271 e. The summed E-state index contributed by atoms with van der Waals surface area (Å²) in [5.41, 5.74) is 4.63. The van der Waals surface area contributed by atoms with Crippen LogP contribution in [-0.4, -0.2) is 30.9 Å². The summed E-state index contributed by atoms with van der Waals surface area (Å²) in [6, 6.07) is 15.2. The highest BCUT2D eigenvalue weighted by Crippen LogP contribution is 2.14. The van der Waals surface area contributed by atoms with Gasteiger partial charge in [0.2, 0.25) is 0 Å². The van der Waals surface area contributed by atoms with Crippen LogP contribution in [0, 0.1) is 0 Å². The molecular weight excluding hydrogens is 346 g/mol. The monoisotopic (exact) mass is 361 g/mol. The minimum Gasteiger partial charge on any atom is -0.484 e. The molecule has 2 aromatic rings. The molecule has 0 atom stereocenters. The van der Waals surface area contributed by atoms with Gasteiger partial charge in [0.05, 0.1) is 17.1 Å². The van der Waals surface area contributed by atoms with Gasteiger partial charge < -0.3 is 10.1 Å². The number of carbonyl (C=O) groups excluding carboxylic acids is 3. The van der Waals surface area contributed by atoms with E-state index in [0.29, 0.717) is 5.75 Å². The number of para-hydroxylation sites is 1. The van der Waals surface area contributed by atoms with E-state index in [1.807, 2.05) is 6.07 Å². The summed E-state index contributed by atoms with van der Waals surface area (Å²) in [5, 5.41) is 2.64. The second-order valence-electron chi connectivity index (χ2n) is 4.86. The van der Waals surface area contributed by atoms with Crippen LogP contribution < -0.4 is 20.9 Å². The van der Waals surface area contributed by atoms with E-state index in [1.165, 1.54) is 6.07 Å². The Balaban J connectivity index is 1.67. The van der Waals surface area contributed by atoms with E-state index in [9.17, 15) is 14.4 Å². The number of nitrogens with one attached hydrogen (secondary N) is 3. The molecule has 2 rings (SSSR count). The number of carbonyl (C=O) groups is 3. The average Bonchev–Trinajstić information content (AvgIpc) is 2.64. The number of rotatable bonds is 6. The minimum absolute atomic E-state index is 0.219. The van der Waals surface area contributed by atoms with E-state index >= 15 is 0 Å². The zero-order valence-electron chi connectivity index (χ0n) is 13.1. The van der Waals surface area contributed by atoms with Crippen molar-refractivity contribution in [2.45, 2.75) is 0 Å².